The van der Waals surface area contributed by atoms with E-state index in [1.807, 2.05) is 23.6 Å². The van der Waals surface area contributed by atoms with Crippen LogP contribution in [-0.2, 0) is 0 Å². The molecule has 1 aromatic heterocycles. The lowest BCUT2D eigenvalue weighted by atomic mass is 10.1. The van der Waals surface area contributed by atoms with Crippen molar-refractivity contribution in [1.82, 2.24) is 15.6 Å². The minimum atomic E-state index is -0.107. The van der Waals surface area contributed by atoms with Gasteiger partial charge in [-0.2, -0.15) is 0 Å². The van der Waals surface area contributed by atoms with Gasteiger partial charge in [-0.1, -0.05) is 31.2 Å². The van der Waals surface area contributed by atoms with E-state index in [0.717, 1.165) is 30.1 Å². The number of thiazole rings is 1. The van der Waals surface area contributed by atoms with E-state index in [1.165, 1.54) is 16.9 Å². The summed E-state index contributed by atoms with van der Waals surface area (Å²) in [6, 6.07) is 8.08. The molecule has 0 spiro atoms. The minimum absolute atomic E-state index is 0.107. The number of nitrogens with one attached hydrogen (secondary N) is 2. The number of hydrogen-bond acceptors (Lipinski definition) is 4. The van der Waals surface area contributed by atoms with E-state index in [2.05, 4.69) is 35.5 Å². The van der Waals surface area contributed by atoms with Crippen LogP contribution < -0.4 is 10.6 Å². The van der Waals surface area contributed by atoms with Crippen molar-refractivity contribution < 1.29 is 4.79 Å². The molecule has 5 heteroatoms. The monoisotopic (exact) mass is 303 g/mol. The largest absolute Gasteiger partial charge is 0.349 e. The number of nitrogens with zero attached hydrogens (tertiary/aromatic N) is 1. The molecule has 1 heterocycles. The summed E-state index contributed by atoms with van der Waals surface area (Å²) in [4.78, 5) is 16.5. The van der Waals surface area contributed by atoms with Gasteiger partial charge in [0.25, 0.3) is 5.91 Å². The van der Waals surface area contributed by atoms with E-state index in [0.29, 0.717) is 12.2 Å². The highest BCUT2D eigenvalue weighted by atomic mass is 32.1. The Balaban J connectivity index is 1.94. The summed E-state index contributed by atoms with van der Waals surface area (Å²) in [6.07, 6.45) is 1.10. The number of carbonyl (C=O) groups excluding carboxylic acids is 1. The number of aryl methyl sites for hydroxylation is 1. The van der Waals surface area contributed by atoms with E-state index < -0.39 is 0 Å². The number of aromatic nitrogens is 1. The fraction of sp³-hybridized carbons (Fsp3) is 0.375. The molecule has 112 valence electrons. The molecule has 0 aliphatic rings. The molecule has 4 nitrogen and oxygen atoms in total. The van der Waals surface area contributed by atoms with Crippen LogP contribution in [0.2, 0.25) is 0 Å². The minimum Gasteiger partial charge on any atom is -0.349 e. The second-order valence-electron chi connectivity index (χ2n) is 4.86. The lowest BCUT2D eigenvalue weighted by molar-refractivity contribution is 0.0949. The molecule has 0 aliphatic carbocycles. The Kier molecular flexibility index (Phi) is 5.90. The average molecular weight is 303 g/mol. The molecular formula is C16H21N3OS. The average Bonchev–Trinajstić information content (AvgIpc) is 2.97. The molecule has 0 atom stereocenters. The van der Waals surface area contributed by atoms with E-state index in [-0.39, 0.29) is 5.91 Å². The molecule has 0 radical (unpaired) electrons. The predicted molar refractivity (Wildman–Crippen MR) is 87.8 cm³/mol. The van der Waals surface area contributed by atoms with Gasteiger partial charge in [-0.05, 0) is 25.5 Å². The zero-order chi connectivity index (χ0) is 15.1. The van der Waals surface area contributed by atoms with Gasteiger partial charge in [0.15, 0.2) is 0 Å². The number of carbonyl (C=O) groups is 1. The highest BCUT2D eigenvalue weighted by Crippen LogP contribution is 2.26. The third kappa shape index (κ3) is 4.37. The first-order chi connectivity index (χ1) is 10.2. The van der Waals surface area contributed by atoms with Gasteiger partial charge in [0.2, 0.25) is 0 Å². The third-order valence-electron chi connectivity index (χ3n) is 3.13. The summed E-state index contributed by atoms with van der Waals surface area (Å²) in [5.74, 6) is -0.107. The molecule has 2 rings (SSSR count). The molecule has 0 saturated carbocycles. The standard InChI is InChI=1S/C16H21N3OS/c1-3-8-17-9-10-18-15(20)14-11-21-16(19-14)13-7-5-4-6-12(13)2/h4-7,11,17H,3,8-10H2,1-2H3,(H,18,20). The molecule has 2 aromatic rings. The van der Waals surface area contributed by atoms with Crippen molar-refractivity contribution in [1.29, 1.82) is 0 Å². The Morgan fingerprint density at radius 2 is 2.05 bits per heavy atom. The van der Waals surface area contributed by atoms with Crippen LogP contribution >= 0.6 is 11.3 Å². The van der Waals surface area contributed by atoms with Crippen LogP contribution in [0.4, 0.5) is 0 Å². The first-order valence-electron chi connectivity index (χ1n) is 7.22. The van der Waals surface area contributed by atoms with Gasteiger partial charge < -0.3 is 10.6 Å². The van der Waals surface area contributed by atoms with E-state index in [1.54, 1.807) is 0 Å². The van der Waals surface area contributed by atoms with Gasteiger partial charge in [0, 0.05) is 24.0 Å². The van der Waals surface area contributed by atoms with Crippen molar-refractivity contribution in [3.05, 3.63) is 40.9 Å². The zero-order valence-corrected chi connectivity index (χ0v) is 13.3. The summed E-state index contributed by atoms with van der Waals surface area (Å²) < 4.78 is 0. The Morgan fingerprint density at radius 1 is 1.24 bits per heavy atom. The van der Waals surface area contributed by atoms with Crippen LogP contribution in [0.3, 0.4) is 0 Å². The smallest absolute Gasteiger partial charge is 0.270 e. The maximum absolute atomic E-state index is 12.0. The van der Waals surface area contributed by atoms with Gasteiger partial charge in [-0.15, -0.1) is 11.3 Å². The van der Waals surface area contributed by atoms with Gasteiger partial charge >= 0.3 is 0 Å². The molecule has 2 N–H and O–H groups in total. The SMILES string of the molecule is CCCNCCNC(=O)c1csc(-c2ccccc2C)n1. The number of amides is 1. The van der Waals surface area contributed by atoms with Crippen LogP contribution in [0, 0.1) is 6.92 Å². The Morgan fingerprint density at radius 3 is 2.81 bits per heavy atom. The van der Waals surface area contributed by atoms with Crippen molar-refractivity contribution in [3.63, 3.8) is 0 Å². The van der Waals surface area contributed by atoms with Crippen LogP contribution in [0.1, 0.15) is 29.4 Å². The van der Waals surface area contributed by atoms with Gasteiger partial charge in [-0.3, -0.25) is 4.79 Å². The van der Waals surface area contributed by atoms with E-state index in [9.17, 15) is 4.79 Å². The first kappa shape index (κ1) is 15.7. The number of rotatable bonds is 7. The van der Waals surface area contributed by atoms with Crippen LogP contribution in [0.5, 0.6) is 0 Å². The van der Waals surface area contributed by atoms with Gasteiger partial charge in [0.05, 0.1) is 0 Å². The number of hydrogen-bond donors (Lipinski definition) is 2. The quantitative estimate of drug-likeness (QED) is 0.773. The molecule has 1 amide bonds. The molecule has 0 fully saturated rings. The highest BCUT2D eigenvalue weighted by molar-refractivity contribution is 7.13. The summed E-state index contributed by atoms with van der Waals surface area (Å²) in [5, 5.41) is 8.83. The fourth-order valence-electron chi connectivity index (χ4n) is 1.97. The zero-order valence-electron chi connectivity index (χ0n) is 12.5. The molecule has 0 aliphatic heterocycles. The second kappa shape index (κ2) is 7.90. The molecule has 0 bridgehead atoms. The van der Waals surface area contributed by atoms with Crippen LogP contribution in [-0.4, -0.2) is 30.5 Å². The van der Waals surface area contributed by atoms with Crippen LogP contribution in [0.25, 0.3) is 10.6 Å². The van der Waals surface area contributed by atoms with E-state index in [4.69, 9.17) is 0 Å². The van der Waals surface area contributed by atoms with Crippen molar-refractivity contribution in [3.8, 4) is 10.6 Å². The molecule has 21 heavy (non-hydrogen) atoms. The lowest BCUT2D eigenvalue weighted by Crippen LogP contribution is -2.32. The topological polar surface area (TPSA) is 54.0 Å². The second-order valence-corrected chi connectivity index (χ2v) is 5.72. The Bertz CT molecular complexity index is 595. The lowest BCUT2D eigenvalue weighted by Gasteiger charge is -2.04. The Labute approximate surface area is 129 Å². The summed E-state index contributed by atoms with van der Waals surface area (Å²) in [6.45, 7) is 6.55. The normalized spacial score (nSPS) is 10.6. The fourth-order valence-corrected chi connectivity index (χ4v) is 2.86. The maximum atomic E-state index is 12.0. The van der Waals surface area contributed by atoms with Crippen molar-refractivity contribution in [2.24, 2.45) is 0 Å². The molecule has 1 aromatic carbocycles. The van der Waals surface area contributed by atoms with Crippen molar-refractivity contribution >= 4 is 17.2 Å². The number of benzene rings is 1. The Hall–Kier alpha value is -1.72. The predicted octanol–water partition coefficient (Wildman–Crippen LogP) is 2.85. The summed E-state index contributed by atoms with van der Waals surface area (Å²) in [7, 11) is 0. The van der Waals surface area contributed by atoms with Crippen molar-refractivity contribution in [2.75, 3.05) is 19.6 Å². The summed E-state index contributed by atoms with van der Waals surface area (Å²) in [5.41, 5.74) is 2.75. The molecule has 0 saturated heterocycles. The van der Waals surface area contributed by atoms with E-state index >= 15 is 0 Å². The van der Waals surface area contributed by atoms with Crippen LogP contribution in [0.15, 0.2) is 29.6 Å². The van der Waals surface area contributed by atoms with Gasteiger partial charge in [0.1, 0.15) is 10.7 Å². The van der Waals surface area contributed by atoms with Gasteiger partial charge in [-0.25, -0.2) is 4.98 Å². The molecule has 0 unspecified atom stereocenters. The third-order valence-corrected chi connectivity index (χ3v) is 4.00. The van der Waals surface area contributed by atoms with Crippen molar-refractivity contribution in [2.45, 2.75) is 20.3 Å². The maximum Gasteiger partial charge on any atom is 0.270 e. The molecular weight excluding hydrogens is 282 g/mol. The highest BCUT2D eigenvalue weighted by Gasteiger charge is 2.12. The first-order valence-corrected chi connectivity index (χ1v) is 8.10. The summed E-state index contributed by atoms with van der Waals surface area (Å²) >= 11 is 1.50.